The monoisotopic (exact) mass is 374 g/mol. The van der Waals surface area contributed by atoms with Crippen LogP contribution in [0.3, 0.4) is 0 Å². The van der Waals surface area contributed by atoms with E-state index in [4.69, 9.17) is 18.3 Å². The minimum Gasteiger partial charge on any atom is -0.505 e. The van der Waals surface area contributed by atoms with Gasteiger partial charge in [-0.3, -0.25) is 0 Å². The molecule has 5 heteroatoms. The molecule has 4 aromatic rings. The molecule has 4 aromatic carbocycles. The van der Waals surface area contributed by atoms with Crippen LogP contribution in [-0.4, -0.2) is 24.2 Å². The molecule has 0 aliphatic heterocycles. The molecule has 0 amide bonds. The van der Waals surface area contributed by atoms with E-state index in [9.17, 15) is 0 Å². The summed E-state index contributed by atoms with van der Waals surface area (Å²) < 4.78 is 22.7. The molecule has 0 aliphatic rings. The molecule has 0 saturated heterocycles. The van der Waals surface area contributed by atoms with E-state index >= 15 is 0 Å². The Labute approximate surface area is 160 Å². The van der Waals surface area contributed by atoms with Gasteiger partial charge in [-0.25, -0.2) is 0 Å². The fraction of sp³-hybridized carbons (Fsp3) is 0.0909. The molecular weight excluding hydrogens is 356 g/mol. The highest BCUT2D eigenvalue weighted by Crippen LogP contribution is 2.34. The molecule has 0 heterocycles. The highest BCUT2D eigenvalue weighted by atomic mass is 28.3. The minimum absolute atomic E-state index is 0.232. The topological polar surface area (TPSA) is 36.9 Å². The van der Waals surface area contributed by atoms with Crippen molar-refractivity contribution < 1.29 is 18.3 Å². The third kappa shape index (κ3) is 3.54. The lowest BCUT2D eigenvalue weighted by Gasteiger charge is -2.13. The number of benzene rings is 4. The smallest absolute Gasteiger partial charge is 0.505 e. The highest BCUT2D eigenvalue weighted by Gasteiger charge is 2.12. The Morgan fingerprint density at radius 3 is 1.19 bits per heavy atom. The summed E-state index contributed by atoms with van der Waals surface area (Å²) in [5, 5.41) is 4.37. The van der Waals surface area contributed by atoms with Gasteiger partial charge in [0.1, 0.15) is 11.5 Å². The maximum atomic E-state index is 5.88. The van der Waals surface area contributed by atoms with Gasteiger partial charge in [0.2, 0.25) is 0 Å². The average molecular weight is 374 g/mol. The van der Waals surface area contributed by atoms with Crippen molar-refractivity contribution in [3.63, 3.8) is 0 Å². The molecule has 0 atom stereocenters. The van der Waals surface area contributed by atoms with Crippen molar-refractivity contribution in [2.45, 2.75) is 0 Å². The van der Waals surface area contributed by atoms with Crippen molar-refractivity contribution in [3.05, 3.63) is 72.8 Å². The fourth-order valence-corrected chi connectivity index (χ4v) is 3.53. The van der Waals surface area contributed by atoms with Gasteiger partial charge in [-0.1, -0.05) is 48.5 Å². The van der Waals surface area contributed by atoms with Gasteiger partial charge in [0.15, 0.2) is 11.5 Å². The van der Waals surface area contributed by atoms with E-state index in [2.05, 4.69) is 0 Å². The molecule has 0 spiro atoms. The summed E-state index contributed by atoms with van der Waals surface area (Å²) >= 11 is 0. The molecule has 0 unspecified atom stereocenters. The molecule has 0 aromatic heterocycles. The van der Waals surface area contributed by atoms with Gasteiger partial charge >= 0.3 is 10.0 Å². The van der Waals surface area contributed by atoms with Gasteiger partial charge in [0.25, 0.3) is 0 Å². The average Bonchev–Trinajstić information content (AvgIpc) is 2.72. The predicted octanol–water partition coefficient (Wildman–Crippen LogP) is 5.00. The van der Waals surface area contributed by atoms with Crippen LogP contribution >= 0.6 is 0 Å². The van der Waals surface area contributed by atoms with E-state index in [1.165, 1.54) is 0 Å². The van der Waals surface area contributed by atoms with Crippen molar-refractivity contribution in [3.8, 4) is 23.0 Å². The number of hydrogen-bond donors (Lipinski definition) is 0. The number of rotatable bonds is 6. The lowest BCUT2D eigenvalue weighted by atomic mass is 10.1. The lowest BCUT2D eigenvalue weighted by Crippen LogP contribution is -2.12. The second-order valence-corrected chi connectivity index (χ2v) is 6.56. The normalized spacial score (nSPS) is 10.7. The molecule has 134 valence electrons. The first-order valence-electron chi connectivity index (χ1n) is 8.51. The zero-order valence-corrected chi connectivity index (χ0v) is 16.1. The Kier molecular flexibility index (Phi) is 4.85. The second-order valence-electron chi connectivity index (χ2n) is 5.99. The third-order valence-corrected chi connectivity index (χ3v) is 4.97. The third-order valence-electron chi connectivity index (χ3n) is 4.37. The van der Waals surface area contributed by atoms with Crippen molar-refractivity contribution >= 4 is 31.6 Å². The van der Waals surface area contributed by atoms with Crippen LogP contribution in [0.4, 0.5) is 0 Å². The quantitative estimate of drug-likeness (QED) is 0.445. The van der Waals surface area contributed by atoms with Gasteiger partial charge in [-0.05, 0) is 45.8 Å². The Hall–Kier alpha value is -3.18. The summed E-state index contributed by atoms with van der Waals surface area (Å²) in [6.07, 6.45) is 0. The zero-order chi connectivity index (χ0) is 18.6. The SMILES string of the molecule is COc1cc2ccccc2cc1O[Si]Oc1cc2ccccc2cc1OC. The Bertz CT molecular complexity index is 1010. The first-order chi connectivity index (χ1) is 13.3. The van der Waals surface area contributed by atoms with E-state index in [1.807, 2.05) is 72.8 Å². The van der Waals surface area contributed by atoms with Crippen LogP contribution in [0, 0.1) is 0 Å². The fourth-order valence-electron chi connectivity index (χ4n) is 2.99. The molecule has 27 heavy (non-hydrogen) atoms. The number of hydrogen-bond acceptors (Lipinski definition) is 4. The van der Waals surface area contributed by atoms with Crippen molar-refractivity contribution in [2.24, 2.45) is 0 Å². The molecular formula is C22H18O4Si. The van der Waals surface area contributed by atoms with Crippen LogP contribution in [0.2, 0.25) is 0 Å². The zero-order valence-electron chi connectivity index (χ0n) is 15.1. The molecule has 2 radical (unpaired) electrons. The minimum atomic E-state index is -0.232. The van der Waals surface area contributed by atoms with Gasteiger partial charge in [0.05, 0.1) is 14.2 Å². The molecule has 0 bridgehead atoms. The number of methoxy groups -OCH3 is 2. The lowest BCUT2D eigenvalue weighted by molar-refractivity contribution is 0.371. The van der Waals surface area contributed by atoms with Crippen LogP contribution in [0.1, 0.15) is 0 Å². The van der Waals surface area contributed by atoms with Gasteiger partial charge < -0.3 is 18.3 Å². The Morgan fingerprint density at radius 2 is 0.852 bits per heavy atom. The first-order valence-corrected chi connectivity index (χ1v) is 9.32. The van der Waals surface area contributed by atoms with Crippen molar-refractivity contribution in [2.75, 3.05) is 14.2 Å². The van der Waals surface area contributed by atoms with Crippen LogP contribution in [0.5, 0.6) is 23.0 Å². The van der Waals surface area contributed by atoms with E-state index in [0.29, 0.717) is 23.0 Å². The van der Waals surface area contributed by atoms with Gasteiger partial charge in [0, 0.05) is 0 Å². The van der Waals surface area contributed by atoms with Crippen LogP contribution in [0.25, 0.3) is 21.5 Å². The maximum Gasteiger partial charge on any atom is 0.610 e. The van der Waals surface area contributed by atoms with Crippen LogP contribution in [-0.2, 0) is 0 Å². The van der Waals surface area contributed by atoms with Crippen molar-refractivity contribution in [1.82, 2.24) is 0 Å². The largest absolute Gasteiger partial charge is 0.610 e. The highest BCUT2D eigenvalue weighted by molar-refractivity contribution is 6.21. The maximum absolute atomic E-state index is 5.88. The molecule has 4 rings (SSSR count). The molecule has 4 nitrogen and oxygen atoms in total. The van der Waals surface area contributed by atoms with Crippen molar-refractivity contribution in [1.29, 1.82) is 0 Å². The van der Waals surface area contributed by atoms with E-state index < -0.39 is 0 Å². The molecule has 0 N–H and O–H groups in total. The Morgan fingerprint density at radius 1 is 0.519 bits per heavy atom. The Balaban J connectivity index is 1.56. The molecule has 0 fully saturated rings. The summed E-state index contributed by atoms with van der Waals surface area (Å²) in [5.41, 5.74) is 0. The summed E-state index contributed by atoms with van der Waals surface area (Å²) in [7, 11) is 3.03. The summed E-state index contributed by atoms with van der Waals surface area (Å²) in [5.74, 6) is 2.65. The first kappa shape index (κ1) is 17.2. The number of fused-ring (bicyclic) bond motifs is 2. The predicted molar refractivity (Wildman–Crippen MR) is 108 cm³/mol. The standard InChI is InChI=1S/C22H18O4Si/c1-23-19-11-15-7-3-5-9-17(15)13-21(19)25-27-26-22-14-18-10-6-4-8-16(18)12-20(22)24-2/h3-14H,1-2H3. The van der Waals surface area contributed by atoms with E-state index in [-0.39, 0.29) is 10.0 Å². The van der Waals surface area contributed by atoms with Crippen LogP contribution < -0.4 is 18.3 Å². The van der Waals surface area contributed by atoms with E-state index in [0.717, 1.165) is 21.5 Å². The summed E-state index contributed by atoms with van der Waals surface area (Å²) in [6, 6.07) is 24.0. The summed E-state index contributed by atoms with van der Waals surface area (Å²) in [6.45, 7) is 0. The number of ether oxygens (including phenoxy) is 2. The summed E-state index contributed by atoms with van der Waals surface area (Å²) in [4.78, 5) is 0. The van der Waals surface area contributed by atoms with Gasteiger partial charge in [-0.2, -0.15) is 0 Å². The van der Waals surface area contributed by atoms with E-state index in [1.54, 1.807) is 14.2 Å². The molecule has 0 aliphatic carbocycles. The van der Waals surface area contributed by atoms with Gasteiger partial charge in [-0.15, -0.1) is 0 Å². The second kappa shape index (κ2) is 7.59. The molecule has 0 saturated carbocycles. The van der Waals surface area contributed by atoms with Crippen LogP contribution in [0.15, 0.2) is 72.8 Å².